The van der Waals surface area contributed by atoms with E-state index in [0.29, 0.717) is 43.8 Å². The van der Waals surface area contributed by atoms with Gasteiger partial charge in [-0.05, 0) is 30.9 Å². The van der Waals surface area contributed by atoms with Crippen LogP contribution in [0.5, 0.6) is 0 Å². The van der Waals surface area contributed by atoms with Gasteiger partial charge in [0.1, 0.15) is 0 Å². The monoisotopic (exact) mass is 475 g/mol. The van der Waals surface area contributed by atoms with Gasteiger partial charge in [-0.1, -0.05) is 38.5 Å². The Hall–Kier alpha value is -2.82. The summed E-state index contributed by atoms with van der Waals surface area (Å²) in [7, 11) is 0. The number of amides is 2. The Morgan fingerprint density at radius 1 is 1.15 bits per heavy atom. The highest BCUT2D eigenvalue weighted by atomic mass is 19.4. The van der Waals surface area contributed by atoms with Gasteiger partial charge in [-0.3, -0.25) is 4.79 Å². The van der Waals surface area contributed by atoms with E-state index in [1.807, 2.05) is 18.2 Å². The van der Waals surface area contributed by atoms with Gasteiger partial charge in [-0.25, -0.2) is 9.59 Å². The molecule has 33 heavy (non-hydrogen) atoms. The summed E-state index contributed by atoms with van der Waals surface area (Å²) in [5.74, 6) is -2.40. The molecule has 1 atom stereocenters. The Morgan fingerprint density at radius 3 is 2.24 bits per heavy atom. The van der Waals surface area contributed by atoms with Gasteiger partial charge in [0.15, 0.2) is 0 Å². The molecule has 1 heterocycles. The third-order valence-electron chi connectivity index (χ3n) is 5.06. The largest absolute Gasteiger partial charge is 0.490 e. The molecular formula is C22H32F3N3O5. The first-order chi connectivity index (χ1) is 15.5. The first kappa shape index (κ1) is 28.2. The molecule has 1 saturated heterocycles. The number of carbonyl (C=O) groups excluding carboxylic acids is 2. The summed E-state index contributed by atoms with van der Waals surface area (Å²) in [6.45, 7) is 7.42. The lowest BCUT2D eigenvalue weighted by Gasteiger charge is -2.32. The number of benzene rings is 1. The molecule has 0 radical (unpaired) electrons. The number of likely N-dealkylation sites (tertiary alicyclic amines) is 1. The lowest BCUT2D eigenvalue weighted by molar-refractivity contribution is -0.192. The van der Waals surface area contributed by atoms with Crippen LogP contribution in [0, 0.1) is 5.92 Å². The van der Waals surface area contributed by atoms with Crippen molar-refractivity contribution in [3.8, 4) is 0 Å². The van der Waals surface area contributed by atoms with E-state index in [2.05, 4.69) is 24.5 Å². The summed E-state index contributed by atoms with van der Waals surface area (Å²) >= 11 is 0. The number of rotatable bonds is 8. The van der Waals surface area contributed by atoms with Gasteiger partial charge in [0.25, 0.3) is 5.91 Å². The van der Waals surface area contributed by atoms with Crippen molar-refractivity contribution in [1.82, 2.24) is 15.5 Å². The molecule has 3 N–H and O–H groups in total. The van der Waals surface area contributed by atoms with E-state index in [4.69, 9.17) is 14.6 Å². The summed E-state index contributed by atoms with van der Waals surface area (Å²) < 4.78 is 37.1. The Kier molecular flexibility index (Phi) is 12.3. The zero-order chi connectivity index (χ0) is 24.9. The van der Waals surface area contributed by atoms with Gasteiger partial charge >= 0.3 is 18.2 Å². The highest BCUT2D eigenvalue weighted by Gasteiger charge is 2.38. The number of halogens is 3. The Morgan fingerprint density at radius 2 is 1.73 bits per heavy atom. The minimum absolute atomic E-state index is 0.0497. The zero-order valence-corrected chi connectivity index (χ0v) is 18.9. The second kappa shape index (κ2) is 14.4. The standard InChI is InChI=1S/C20H31N3O3.C2HF3O2/c1-3-16(2)15-26-20(25)23-13-9-18(10-14-23)21-11-12-22-19(24)17-7-5-4-6-8-17;3-2(4,5)1(6)7/h4-8,16,18,21H,3,9-15H2,1-2H3,(H,22,24);(H,6,7). The number of alkyl halides is 3. The van der Waals surface area contributed by atoms with Crippen molar-refractivity contribution in [2.24, 2.45) is 5.92 Å². The number of piperidine rings is 1. The number of ether oxygens (including phenoxy) is 1. The number of hydrogen-bond donors (Lipinski definition) is 3. The van der Waals surface area contributed by atoms with Gasteiger partial charge in [-0.15, -0.1) is 0 Å². The van der Waals surface area contributed by atoms with Crippen LogP contribution in [0.3, 0.4) is 0 Å². The number of nitrogens with zero attached hydrogens (tertiary/aromatic N) is 1. The summed E-state index contributed by atoms with van der Waals surface area (Å²) in [6, 6.07) is 9.59. The number of carbonyl (C=O) groups is 3. The fourth-order valence-corrected chi connectivity index (χ4v) is 2.83. The highest BCUT2D eigenvalue weighted by Crippen LogP contribution is 2.13. The van der Waals surface area contributed by atoms with E-state index in [1.54, 1.807) is 17.0 Å². The van der Waals surface area contributed by atoms with Crippen LogP contribution < -0.4 is 10.6 Å². The average molecular weight is 476 g/mol. The maximum atomic E-state index is 12.0. The smallest absolute Gasteiger partial charge is 0.475 e. The molecule has 0 bridgehead atoms. The fraction of sp³-hybridized carbons (Fsp3) is 0.591. The minimum Gasteiger partial charge on any atom is -0.475 e. The van der Waals surface area contributed by atoms with Crippen molar-refractivity contribution < 1.29 is 37.4 Å². The molecule has 186 valence electrons. The minimum atomic E-state index is -5.08. The van der Waals surface area contributed by atoms with Gasteiger partial charge in [0, 0.05) is 37.8 Å². The molecule has 1 unspecified atom stereocenters. The number of aliphatic carboxylic acids is 1. The third kappa shape index (κ3) is 11.6. The average Bonchev–Trinajstić information content (AvgIpc) is 2.80. The molecule has 0 spiro atoms. The molecule has 1 aromatic carbocycles. The topological polar surface area (TPSA) is 108 Å². The van der Waals surface area contributed by atoms with Gasteiger partial charge < -0.3 is 25.4 Å². The molecule has 0 aromatic heterocycles. The number of hydrogen-bond acceptors (Lipinski definition) is 5. The second-order valence-electron chi connectivity index (χ2n) is 7.73. The van der Waals surface area contributed by atoms with Crippen LogP contribution in [0.4, 0.5) is 18.0 Å². The Balaban J connectivity index is 0.000000675. The molecule has 1 aliphatic heterocycles. The number of nitrogens with one attached hydrogen (secondary N) is 2. The van der Waals surface area contributed by atoms with E-state index < -0.39 is 12.1 Å². The third-order valence-corrected chi connectivity index (χ3v) is 5.06. The maximum absolute atomic E-state index is 12.0. The first-order valence-corrected chi connectivity index (χ1v) is 10.8. The molecule has 1 fully saturated rings. The molecule has 1 aromatic rings. The van der Waals surface area contributed by atoms with Crippen LogP contribution in [-0.2, 0) is 9.53 Å². The van der Waals surface area contributed by atoms with Gasteiger partial charge in [0.2, 0.25) is 0 Å². The van der Waals surface area contributed by atoms with Crippen molar-refractivity contribution in [3.63, 3.8) is 0 Å². The lowest BCUT2D eigenvalue weighted by atomic mass is 10.1. The quantitative estimate of drug-likeness (QED) is 0.498. The van der Waals surface area contributed by atoms with Crippen molar-refractivity contribution in [2.75, 3.05) is 32.8 Å². The predicted octanol–water partition coefficient (Wildman–Crippen LogP) is 3.29. The van der Waals surface area contributed by atoms with Gasteiger partial charge in [0.05, 0.1) is 6.61 Å². The molecule has 0 aliphatic carbocycles. The summed E-state index contributed by atoms with van der Waals surface area (Å²) in [5, 5.41) is 13.5. The lowest BCUT2D eigenvalue weighted by Crippen LogP contribution is -2.46. The van der Waals surface area contributed by atoms with Crippen LogP contribution in [0.15, 0.2) is 30.3 Å². The molecular weight excluding hydrogens is 443 g/mol. The van der Waals surface area contributed by atoms with Crippen LogP contribution in [0.2, 0.25) is 0 Å². The highest BCUT2D eigenvalue weighted by molar-refractivity contribution is 5.94. The van der Waals surface area contributed by atoms with E-state index in [0.717, 1.165) is 25.8 Å². The molecule has 2 amide bonds. The fourth-order valence-electron chi connectivity index (χ4n) is 2.83. The first-order valence-electron chi connectivity index (χ1n) is 10.8. The van der Waals surface area contributed by atoms with Gasteiger partial charge in [-0.2, -0.15) is 13.2 Å². The Bertz CT molecular complexity index is 739. The van der Waals surface area contributed by atoms with Crippen molar-refractivity contribution in [1.29, 1.82) is 0 Å². The molecule has 8 nitrogen and oxygen atoms in total. The predicted molar refractivity (Wildman–Crippen MR) is 116 cm³/mol. The second-order valence-corrected chi connectivity index (χ2v) is 7.73. The summed E-state index contributed by atoms with van der Waals surface area (Å²) in [4.78, 5) is 34.7. The van der Waals surface area contributed by atoms with Crippen LogP contribution >= 0.6 is 0 Å². The summed E-state index contributed by atoms with van der Waals surface area (Å²) in [6.07, 6.45) is -2.45. The Labute approximate surface area is 191 Å². The van der Waals surface area contributed by atoms with E-state index in [-0.39, 0.29) is 12.0 Å². The van der Waals surface area contributed by atoms with Crippen LogP contribution in [0.25, 0.3) is 0 Å². The summed E-state index contributed by atoms with van der Waals surface area (Å²) in [5.41, 5.74) is 0.678. The zero-order valence-electron chi connectivity index (χ0n) is 18.9. The molecule has 0 saturated carbocycles. The SMILES string of the molecule is CCC(C)COC(=O)N1CCC(NCCNC(=O)c2ccccc2)CC1.O=C(O)C(F)(F)F. The molecule has 1 aliphatic rings. The molecule has 2 rings (SSSR count). The van der Waals surface area contributed by atoms with E-state index in [9.17, 15) is 22.8 Å². The van der Waals surface area contributed by atoms with Crippen molar-refractivity contribution >= 4 is 18.0 Å². The maximum Gasteiger partial charge on any atom is 0.490 e. The van der Waals surface area contributed by atoms with E-state index in [1.165, 1.54) is 0 Å². The van der Waals surface area contributed by atoms with Crippen LogP contribution in [0.1, 0.15) is 43.5 Å². The van der Waals surface area contributed by atoms with Crippen molar-refractivity contribution in [2.45, 2.75) is 45.3 Å². The van der Waals surface area contributed by atoms with E-state index >= 15 is 0 Å². The van der Waals surface area contributed by atoms with Crippen molar-refractivity contribution in [3.05, 3.63) is 35.9 Å². The van der Waals surface area contributed by atoms with Crippen LogP contribution in [-0.4, -0.2) is 73.0 Å². The normalized spacial score (nSPS) is 15.1. The molecule has 11 heteroatoms. The number of carboxylic acid groups (broad SMARTS) is 1. The number of carboxylic acids is 1.